The molecule has 0 atom stereocenters. The highest BCUT2D eigenvalue weighted by atomic mass is 19.4. The van der Waals surface area contributed by atoms with Gasteiger partial charge in [-0.1, -0.05) is 11.2 Å². The van der Waals surface area contributed by atoms with Gasteiger partial charge in [0.05, 0.1) is 5.56 Å². The van der Waals surface area contributed by atoms with Crippen LogP contribution >= 0.6 is 0 Å². The van der Waals surface area contributed by atoms with Gasteiger partial charge in [0.15, 0.2) is 11.5 Å². The summed E-state index contributed by atoms with van der Waals surface area (Å²) in [6.07, 6.45) is -3.12. The van der Waals surface area contributed by atoms with E-state index in [4.69, 9.17) is 9.63 Å². The summed E-state index contributed by atoms with van der Waals surface area (Å²) in [6, 6.07) is 7.19. The predicted octanol–water partition coefficient (Wildman–Crippen LogP) is 3.59. The third kappa shape index (κ3) is 3.74. The minimum atomic E-state index is -4.46. The van der Waals surface area contributed by atoms with Crippen molar-refractivity contribution in [3.05, 3.63) is 53.9 Å². The van der Waals surface area contributed by atoms with E-state index in [0.29, 0.717) is 0 Å². The fourth-order valence-electron chi connectivity index (χ4n) is 1.96. The lowest BCUT2D eigenvalue weighted by Gasteiger charge is -2.09. The Balaban J connectivity index is 1.86. The van der Waals surface area contributed by atoms with Gasteiger partial charge in [-0.25, -0.2) is 14.8 Å². The van der Waals surface area contributed by atoms with Crippen molar-refractivity contribution in [3.8, 4) is 11.5 Å². The number of alkyl halides is 3. The molecule has 0 fully saturated rings. The van der Waals surface area contributed by atoms with E-state index in [1.54, 1.807) is 0 Å². The van der Waals surface area contributed by atoms with Crippen molar-refractivity contribution in [2.75, 3.05) is 5.32 Å². The standard InChI is InChI=1S/C15H9F3N4O3/c16-15(17,18)8-2-1-3-9(6-8)20-14-19-5-4-10(21-14)12-7-11(13(23)24)22-25-12/h1-7H,(H,23,24)(H,19,20,21). The van der Waals surface area contributed by atoms with Gasteiger partial charge in [0, 0.05) is 18.0 Å². The molecule has 0 unspecified atom stereocenters. The maximum Gasteiger partial charge on any atom is 0.416 e. The topological polar surface area (TPSA) is 101 Å². The summed E-state index contributed by atoms with van der Waals surface area (Å²) in [6.45, 7) is 0. The van der Waals surface area contributed by atoms with Crippen LogP contribution in [0.25, 0.3) is 11.5 Å². The van der Waals surface area contributed by atoms with E-state index in [-0.39, 0.29) is 28.8 Å². The molecule has 7 nitrogen and oxygen atoms in total. The van der Waals surface area contributed by atoms with Crippen molar-refractivity contribution < 1.29 is 27.6 Å². The third-order valence-corrected chi connectivity index (χ3v) is 3.08. The highest BCUT2D eigenvalue weighted by Gasteiger charge is 2.30. The molecule has 0 aliphatic heterocycles. The number of anilines is 2. The summed E-state index contributed by atoms with van der Waals surface area (Å²) >= 11 is 0. The van der Waals surface area contributed by atoms with Crippen molar-refractivity contribution in [1.82, 2.24) is 15.1 Å². The van der Waals surface area contributed by atoms with E-state index in [0.717, 1.165) is 12.1 Å². The van der Waals surface area contributed by atoms with Crippen LogP contribution in [0.3, 0.4) is 0 Å². The number of rotatable bonds is 4. The first-order valence-electron chi connectivity index (χ1n) is 6.80. The van der Waals surface area contributed by atoms with Gasteiger partial charge in [-0.15, -0.1) is 0 Å². The van der Waals surface area contributed by atoms with E-state index in [2.05, 4.69) is 20.4 Å². The Morgan fingerprint density at radius 1 is 1.20 bits per heavy atom. The van der Waals surface area contributed by atoms with Crippen LogP contribution in [0.1, 0.15) is 16.1 Å². The lowest BCUT2D eigenvalue weighted by molar-refractivity contribution is -0.137. The molecule has 0 bridgehead atoms. The number of hydrogen-bond acceptors (Lipinski definition) is 6. The van der Waals surface area contributed by atoms with Gasteiger partial charge in [-0.3, -0.25) is 0 Å². The molecule has 0 spiro atoms. The maximum atomic E-state index is 12.7. The van der Waals surface area contributed by atoms with Gasteiger partial charge in [0.2, 0.25) is 5.95 Å². The zero-order chi connectivity index (χ0) is 18.0. The number of aromatic nitrogens is 3. The third-order valence-electron chi connectivity index (χ3n) is 3.08. The van der Waals surface area contributed by atoms with Gasteiger partial charge in [-0.2, -0.15) is 13.2 Å². The fraction of sp³-hybridized carbons (Fsp3) is 0.0667. The van der Waals surface area contributed by atoms with Crippen LogP contribution in [0.4, 0.5) is 24.8 Å². The number of halogens is 3. The van der Waals surface area contributed by atoms with Crippen LogP contribution in [0, 0.1) is 0 Å². The molecular weight excluding hydrogens is 341 g/mol. The van der Waals surface area contributed by atoms with Crippen molar-refractivity contribution in [1.29, 1.82) is 0 Å². The Labute approximate surface area is 138 Å². The molecule has 0 saturated heterocycles. The Hall–Kier alpha value is -3.43. The summed E-state index contributed by atoms with van der Waals surface area (Å²) in [5.74, 6) is -1.15. The first kappa shape index (κ1) is 16.4. The maximum absolute atomic E-state index is 12.7. The number of aromatic carboxylic acids is 1. The van der Waals surface area contributed by atoms with Crippen LogP contribution in [0.15, 0.2) is 47.1 Å². The summed E-state index contributed by atoms with van der Waals surface area (Å²) in [5, 5.41) is 14.8. The molecule has 25 heavy (non-hydrogen) atoms. The molecule has 2 aromatic heterocycles. The smallest absolute Gasteiger partial charge is 0.416 e. The van der Waals surface area contributed by atoms with E-state index in [9.17, 15) is 18.0 Å². The molecule has 0 saturated carbocycles. The number of nitrogens with zero attached hydrogens (tertiary/aromatic N) is 3. The monoisotopic (exact) mass is 350 g/mol. The first-order chi connectivity index (χ1) is 11.8. The van der Waals surface area contributed by atoms with Crippen molar-refractivity contribution in [3.63, 3.8) is 0 Å². The lowest BCUT2D eigenvalue weighted by atomic mass is 10.2. The molecule has 0 aliphatic rings. The second kappa shape index (κ2) is 6.23. The zero-order valence-corrected chi connectivity index (χ0v) is 12.3. The van der Waals surface area contributed by atoms with Gasteiger partial charge in [0.25, 0.3) is 0 Å². The molecule has 1 aromatic carbocycles. The number of carboxylic acid groups (broad SMARTS) is 1. The number of carboxylic acids is 1. The van der Waals surface area contributed by atoms with Crippen LogP contribution in [0.5, 0.6) is 0 Å². The summed E-state index contributed by atoms with van der Waals surface area (Å²) < 4.78 is 43.1. The van der Waals surface area contributed by atoms with Gasteiger partial charge >= 0.3 is 12.1 Å². The number of benzene rings is 1. The molecule has 2 heterocycles. The van der Waals surface area contributed by atoms with Gasteiger partial charge in [0.1, 0.15) is 5.69 Å². The summed E-state index contributed by atoms with van der Waals surface area (Å²) in [7, 11) is 0. The first-order valence-corrected chi connectivity index (χ1v) is 6.80. The highest BCUT2D eigenvalue weighted by molar-refractivity contribution is 5.86. The Bertz CT molecular complexity index is 924. The average Bonchev–Trinajstić information content (AvgIpc) is 3.05. The molecule has 2 N–H and O–H groups in total. The van der Waals surface area contributed by atoms with Crippen LogP contribution < -0.4 is 5.32 Å². The minimum absolute atomic E-state index is 0.0186. The zero-order valence-electron chi connectivity index (χ0n) is 12.3. The lowest BCUT2D eigenvalue weighted by Crippen LogP contribution is -2.05. The van der Waals surface area contributed by atoms with Crippen molar-refractivity contribution in [2.45, 2.75) is 6.18 Å². The van der Waals surface area contributed by atoms with Gasteiger partial charge in [-0.05, 0) is 24.3 Å². The summed E-state index contributed by atoms with van der Waals surface area (Å²) in [5.41, 5.74) is -0.726. The normalized spacial score (nSPS) is 11.3. The van der Waals surface area contributed by atoms with E-state index in [1.807, 2.05) is 0 Å². The van der Waals surface area contributed by atoms with E-state index < -0.39 is 17.7 Å². The summed E-state index contributed by atoms with van der Waals surface area (Å²) in [4.78, 5) is 18.8. The second-order valence-corrected chi connectivity index (χ2v) is 4.85. The quantitative estimate of drug-likeness (QED) is 0.741. The van der Waals surface area contributed by atoms with Crippen LogP contribution in [-0.2, 0) is 6.18 Å². The molecule has 0 aliphatic carbocycles. The predicted molar refractivity (Wildman–Crippen MR) is 79.2 cm³/mol. The average molecular weight is 350 g/mol. The van der Waals surface area contributed by atoms with E-state index >= 15 is 0 Å². The molecule has 0 amide bonds. The Kier molecular flexibility index (Phi) is 4.09. The molecule has 128 valence electrons. The SMILES string of the molecule is O=C(O)c1cc(-c2ccnc(Nc3cccc(C(F)(F)F)c3)n2)on1. The van der Waals surface area contributed by atoms with Crippen LogP contribution in [-0.4, -0.2) is 26.2 Å². The molecule has 3 rings (SSSR count). The number of hydrogen-bond donors (Lipinski definition) is 2. The fourth-order valence-corrected chi connectivity index (χ4v) is 1.96. The van der Waals surface area contributed by atoms with E-state index in [1.165, 1.54) is 30.5 Å². The highest BCUT2D eigenvalue weighted by Crippen LogP contribution is 2.31. The number of nitrogens with one attached hydrogen (secondary N) is 1. The van der Waals surface area contributed by atoms with Gasteiger partial charge < -0.3 is 14.9 Å². The molecule has 10 heteroatoms. The number of carbonyl (C=O) groups is 1. The molecular formula is C15H9F3N4O3. The minimum Gasteiger partial charge on any atom is -0.476 e. The second-order valence-electron chi connectivity index (χ2n) is 4.85. The molecule has 0 radical (unpaired) electrons. The Morgan fingerprint density at radius 2 is 2.00 bits per heavy atom. The largest absolute Gasteiger partial charge is 0.476 e. The Morgan fingerprint density at radius 3 is 2.68 bits per heavy atom. The molecule has 3 aromatic rings. The van der Waals surface area contributed by atoms with Crippen molar-refractivity contribution >= 4 is 17.6 Å². The van der Waals surface area contributed by atoms with Crippen molar-refractivity contribution in [2.24, 2.45) is 0 Å². The van der Waals surface area contributed by atoms with Crippen LogP contribution in [0.2, 0.25) is 0 Å².